The van der Waals surface area contributed by atoms with Crippen LogP contribution in [0.2, 0.25) is 0 Å². The number of allylic oxidation sites excluding steroid dienone is 1. The van der Waals surface area contributed by atoms with Gasteiger partial charge in [0.25, 0.3) is 0 Å². The van der Waals surface area contributed by atoms with Gasteiger partial charge in [-0.15, -0.1) is 0 Å². The highest BCUT2D eigenvalue weighted by molar-refractivity contribution is 6.20. The van der Waals surface area contributed by atoms with Crippen molar-refractivity contribution in [2.75, 3.05) is 0 Å². The smallest absolute Gasteiger partial charge is 0.277 e. The summed E-state index contributed by atoms with van der Waals surface area (Å²) in [4.78, 5) is 34.4. The number of hydrogen-bond donors (Lipinski definition) is 2. The van der Waals surface area contributed by atoms with Crippen LogP contribution < -0.4 is 10.6 Å². The molecule has 0 aromatic rings. The van der Waals surface area contributed by atoms with E-state index in [1.807, 2.05) is 0 Å². The Labute approximate surface area is 87.9 Å². The van der Waals surface area contributed by atoms with E-state index in [1.165, 1.54) is 0 Å². The summed E-state index contributed by atoms with van der Waals surface area (Å²) in [7, 11) is 0. The van der Waals surface area contributed by atoms with Crippen LogP contribution in [0, 0.1) is 5.41 Å². The normalized spacial score (nSPS) is 21.0. The fourth-order valence-corrected chi connectivity index (χ4v) is 1.76. The van der Waals surface area contributed by atoms with Crippen molar-refractivity contribution in [3.63, 3.8) is 0 Å². The average Bonchev–Trinajstić information content (AvgIpc) is 2.17. The second kappa shape index (κ2) is 3.84. The van der Waals surface area contributed by atoms with E-state index < -0.39 is 23.3 Å². The molecular weight excluding hydrogens is 196 g/mol. The van der Waals surface area contributed by atoms with Crippen LogP contribution in [0.15, 0.2) is 11.6 Å². The third kappa shape index (κ3) is 1.54. The Balaban J connectivity index is 3.23. The summed E-state index contributed by atoms with van der Waals surface area (Å²) in [5.74, 6) is -1.09. The molecule has 0 aromatic heterocycles. The summed E-state index contributed by atoms with van der Waals surface area (Å²) in [6.45, 7) is 5.20. The molecule has 4 amide bonds. The van der Waals surface area contributed by atoms with Crippen molar-refractivity contribution < 1.29 is 14.4 Å². The third-order valence-electron chi connectivity index (χ3n) is 2.87. The molecule has 1 heterocycles. The molecule has 2 N–H and O–H groups in total. The first kappa shape index (κ1) is 11.4. The number of barbiturate groups is 1. The van der Waals surface area contributed by atoms with Crippen LogP contribution in [0.5, 0.6) is 0 Å². The first-order valence-corrected chi connectivity index (χ1v) is 4.79. The molecular formula is C10H14N2O3. The van der Waals surface area contributed by atoms with Crippen LogP contribution in [0.25, 0.3) is 0 Å². The Bertz CT molecular complexity index is 338. The molecule has 82 valence electrons. The van der Waals surface area contributed by atoms with Crippen molar-refractivity contribution in [2.24, 2.45) is 5.41 Å². The SMILES string of the molecule is CC=C(C)C1(CC)C(=O)NC(=O)NC1=O. The van der Waals surface area contributed by atoms with E-state index in [1.54, 1.807) is 26.8 Å². The molecule has 1 saturated heterocycles. The second-order valence-electron chi connectivity index (χ2n) is 3.47. The molecule has 1 rings (SSSR count). The van der Waals surface area contributed by atoms with Gasteiger partial charge in [0, 0.05) is 0 Å². The van der Waals surface area contributed by atoms with E-state index in [-0.39, 0.29) is 0 Å². The van der Waals surface area contributed by atoms with Crippen molar-refractivity contribution in [3.8, 4) is 0 Å². The van der Waals surface area contributed by atoms with E-state index >= 15 is 0 Å². The van der Waals surface area contributed by atoms with Gasteiger partial charge in [0.05, 0.1) is 0 Å². The van der Waals surface area contributed by atoms with Crippen LogP contribution in [0.3, 0.4) is 0 Å². The quantitative estimate of drug-likeness (QED) is 0.520. The zero-order valence-electron chi connectivity index (χ0n) is 9.01. The molecule has 5 heteroatoms. The van der Waals surface area contributed by atoms with Crippen LogP contribution in [0.4, 0.5) is 4.79 Å². The maximum Gasteiger partial charge on any atom is 0.328 e. The Morgan fingerprint density at radius 3 is 2.07 bits per heavy atom. The lowest BCUT2D eigenvalue weighted by atomic mass is 9.75. The lowest BCUT2D eigenvalue weighted by Gasteiger charge is -2.33. The van der Waals surface area contributed by atoms with Gasteiger partial charge in [-0.05, 0) is 20.3 Å². The number of carbonyl (C=O) groups is 3. The third-order valence-corrected chi connectivity index (χ3v) is 2.87. The van der Waals surface area contributed by atoms with Crippen LogP contribution in [-0.2, 0) is 9.59 Å². The van der Waals surface area contributed by atoms with E-state index in [0.29, 0.717) is 12.0 Å². The summed E-state index contributed by atoms with van der Waals surface area (Å²) in [6.07, 6.45) is 2.03. The molecule has 1 aliphatic rings. The van der Waals surface area contributed by atoms with Crippen molar-refractivity contribution in [2.45, 2.75) is 27.2 Å². The molecule has 0 atom stereocenters. The number of rotatable bonds is 2. The number of carbonyl (C=O) groups excluding carboxylic acids is 3. The number of urea groups is 1. The minimum absolute atomic E-state index is 0.328. The van der Waals surface area contributed by atoms with Crippen LogP contribution in [-0.4, -0.2) is 17.8 Å². The zero-order valence-corrected chi connectivity index (χ0v) is 9.01. The molecule has 0 aliphatic carbocycles. The summed E-state index contributed by atoms with van der Waals surface area (Å²) < 4.78 is 0. The maximum absolute atomic E-state index is 11.7. The minimum atomic E-state index is -1.23. The number of hydrogen-bond acceptors (Lipinski definition) is 3. The first-order chi connectivity index (χ1) is 6.98. The Morgan fingerprint density at radius 1 is 1.27 bits per heavy atom. The van der Waals surface area contributed by atoms with Crippen LogP contribution in [0.1, 0.15) is 27.2 Å². The number of amides is 4. The lowest BCUT2D eigenvalue weighted by Crippen LogP contribution is -2.62. The van der Waals surface area contributed by atoms with E-state index in [4.69, 9.17) is 0 Å². The summed E-state index contributed by atoms with van der Waals surface area (Å²) in [6, 6.07) is -0.752. The Morgan fingerprint density at radius 2 is 1.73 bits per heavy atom. The summed E-state index contributed by atoms with van der Waals surface area (Å²) in [5, 5.41) is 4.23. The largest absolute Gasteiger partial charge is 0.328 e. The lowest BCUT2D eigenvalue weighted by molar-refractivity contribution is -0.141. The van der Waals surface area contributed by atoms with Gasteiger partial charge in [-0.3, -0.25) is 20.2 Å². The molecule has 1 aliphatic heterocycles. The molecule has 0 saturated carbocycles. The monoisotopic (exact) mass is 210 g/mol. The van der Waals surface area contributed by atoms with Gasteiger partial charge >= 0.3 is 6.03 Å². The highest BCUT2D eigenvalue weighted by Crippen LogP contribution is 2.33. The second-order valence-corrected chi connectivity index (χ2v) is 3.47. The highest BCUT2D eigenvalue weighted by atomic mass is 16.2. The molecule has 0 radical (unpaired) electrons. The predicted octanol–water partition coefficient (Wildman–Crippen LogP) is 0.715. The van der Waals surface area contributed by atoms with Gasteiger partial charge in [0.1, 0.15) is 5.41 Å². The predicted molar refractivity (Wildman–Crippen MR) is 53.8 cm³/mol. The van der Waals surface area contributed by atoms with Crippen molar-refractivity contribution in [3.05, 3.63) is 11.6 Å². The van der Waals surface area contributed by atoms with E-state index in [0.717, 1.165) is 0 Å². The fourth-order valence-electron chi connectivity index (χ4n) is 1.76. The first-order valence-electron chi connectivity index (χ1n) is 4.79. The van der Waals surface area contributed by atoms with Gasteiger partial charge < -0.3 is 0 Å². The Kier molecular flexibility index (Phi) is 2.93. The topological polar surface area (TPSA) is 75.3 Å². The van der Waals surface area contributed by atoms with Crippen LogP contribution >= 0.6 is 0 Å². The molecule has 0 aromatic carbocycles. The Hall–Kier alpha value is -1.65. The highest BCUT2D eigenvalue weighted by Gasteiger charge is 2.49. The van der Waals surface area contributed by atoms with Gasteiger partial charge in [-0.25, -0.2) is 4.79 Å². The molecule has 15 heavy (non-hydrogen) atoms. The molecule has 0 bridgehead atoms. The number of imide groups is 2. The van der Waals surface area contributed by atoms with E-state index in [2.05, 4.69) is 10.6 Å². The molecule has 0 spiro atoms. The zero-order chi connectivity index (χ0) is 11.6. The average molecular weight is 210 g/mol. The number of nitrogens with one attached hydrogen (secondary N) is 2. The fraction of sp³-hybridized carbons (Fsp3) is 0.500. The van der Waals surface area contributed by atoms with Gasteiger partial charge in [-0.1, -0.05) is 18.6 Å². The summed E-state index contributed by atoms with van der Waals surface area (Å²) >= 11 is 0. The molecule has 5 nitrogen and oxygen atoms in total. The van der Waals surface area contributed by atoms with Gasteiger partial charge in [0.15, 0.2) is 0 Å². The van der Waals surface area contributed by atoms with Crippen molar-refractivity contribution in [1.29, 1.82) is 0 Å². The minimum Gasteiger partial charge on any atom is -0.277 e. The van der Waals surface area contributed by atoms with Crippen molar-refractivity contribution in [1.82, 2.24) is 10.6 Å². The van der Waals surface area contributed by atoms with Gasteiger partial charge in [0.2, 0.25) is 11.8 Å². The summed E-state index contributed by atoms with van der Waals surface area (Å²) in [5.41, 5.74) is -0.588. The molecule has 0 unspecified atom stereocenters. The standard InChI is InChI=1S/C10H14N2O3/c1-4-6(3)10(5-2)7(13)11-9(15)12-8(10)14/h4H,5H2,1-3H3,(H2,11,12,13,14,15). The van der Waals surface area contributed by atoms with Crippen molar-refractivity contribution >= 4 is 17.8 Å². The molecule has 1 fully saturated rings. The van der Waals surface area contributed by atoms with Gasteiger partial charge in [-0.2, -0.15) is 0 Å². The van der Waals surface area contributed by atoms with E-state index in [9.17, 15) is 14.4 Å². The maximum atomic E-state index is 11.7.